The number of nitrogens with one attached hydrogen (secondary N) is 1. The minimum Gasteiger partial charge on any atom is -0.334 e. The van der Waals surface area contributed by atoms with Crippen LogP contribution in [0.15, 0.2) is 0 Å². The van der Waals surface area contributed by atoms with Gasteiger partial charge in [-0.15, -0.1) is 6.42 Å². The van der Waals surface area contributed by atoms with Gasteiger partial charge in [-0.25, -0.2) is 0 Å². The highest BCUT2D eigenvalue weighted by atomic mass is 16.2. The van der Waals surface area contributed by atoms with Gasteiger partial charge in [0.05, 0.1) is 0 Å². The summed E-state index contributed by atoms with van der Waals surface area (Å²) in [6, 6.07) is 0. The van der Waals surface area contributed by atoms with Crippen molar-refractivity contribution >= 4 is 5.91 Å². The van der Waals surface area contributed by atoms with Gasteiger partial charge in [0.25, 0.3) is 5.91 Å². The molecule has 1 N–H and O–H groups in total. The number of likely N-dealkylation sites (N-methyl/N-ethyl adjacent to an activating group) is 2. The van der Waals surface area contributed by atoms with E-state index in [9.17, 15) is 4.79 Å². The van der Waals surface area contributed by atoms with Crippen LogP contribution in [-0.4, -0.2) is 38.0 Å². The minimum atomic E-state index is -0.268. The largest absolute Gasteiger partial charge is 0.334 e. The average Bonchev–Trinajstić information content (AvgIpc) is 1.98. The molecular weight excluding hydrogens is 128 g/mol. The lowest BCUT2D eigenvalue weighted by Crippen LogP contribution is -2.31. The number of amides is 1. The first-order valence-electron chi connectivity index (χ1n) is 3.08. The first kappa shape index (κ1) is 8.99. The van der Waals surface area contributed by atoms with Gasteiger partial charge in [0.2, 0.25) is 0 Å². The molecule has 0 fully saturated rings. The number of hydrogen-bond donors (Lipinski definition) is 1. The van der Waals surface area contributed by atoms with Crippen molar-refractivity contribution in [3.63, 3.8) is 0 Å². The molecule has 0 saturated heterocycles. The van der Waals surface area contributed by atoms with Crippen LogP contribution in [0.25, 0.3) is 0 Å². The Bertz CT molecular complexity index is 148. The van der Waals surface area contributed by atoms with Crippen molar-refractivity contribution in [3.05, 3.63) is 0 Å². The number of carbonyl (C=O) groups is 1. The summed E-state index contributed by atoms with van der Waals surface area (Å²) < 4.78 is 0. The summed E-state index contributed by atoms with van der Waals surface area (Å²) in [5.41, 5.74) is 0. The zero-order valence-corrected chi connectivity index (χ0v) is 6.35. The van der Waals surface area contributed by atoms with Gasteiger partial charge in [-0.05, 0) is 13.0 Å². The highest BCUT2D eigenvalue weighted by Crippen LogP contribution is 1.79. The molecule has 0 bridgehead atoms. The smallest absolute Gasteiger partial charge is 0.297 e. The maximum Gasteiger partial charge on any atom is 0.297 e. The Labute approximate surface area is 61.4 Å². The molecule has 0 spiro atoms. The van der Waals surface area contributed by atoms with Crippen LogP contribution in [0.1, 0.15) is 0 Å². The molecule has 0 saturated carbocycles. The van der Waals surface area contributed by atoms with Crippen molar-refractivity contribution in [2.75, 3.05) is 27.2 Å². The van der Waals surface area contributed by atoms with Crippen molar-refractivity contribution in [2.24, 2.45) is 0 Å². The average molecular weight is 140 g/mol. The second kappa shape index (κ2) is 4.83. The first-order chi connectivity index (χ1) is 4.72. The molecule has 0 aromatic carbocycles. The lowest BCUT2D eigenvalue weighted by Gasteiger charge is -2.12. The minimum absolute atomic E-state index is 0.268. The van der Waals surface area contributed by atoms with Gasteiger partial charge < -0.3 is 10.2 Å². The molecule has 0 radical (unpaired) electrons. The van der Waals surface area contributed by atoms with E-state index in [-0.39, 0.29) is 5.91 Å². The number of terminal acetylenes is 1. The van der Waals surface area contributed by atoms with Crippen LogP contribution in [0.5, 0.6) is 0 Å². The summed E-state index contributed by atoms with van der Waals surface area (Å²) >= 11 is 0. The summed E-state index contributed by atoms with van der Waals surface area (Å²) in [6.07, 6.45) is 4.88. The van der Waals surface area contributed by atoms with Crippen LogP contribution in [0.3, 0.4) is 0 Å². The monoisotopic (exact) mass is 140 g/mol. The molecule has 0 aliphatic rings. The Morgan fingerprint density at radius 2 is 2.40 bits per heavy atom. The summed E-state index contributed by atoms with van der Waals surface area (Å²) in [5, 5.41) is 2.92. The quantitative estimate of drug-likeness (QED) is 0.526. The van der Waals surface area contributed by atoms with Gasteiger partial charge in [-0.1, -0.05) is 0 Å². The van der Waals surface area contributed by atoms with Crippen LogP contribution in [0.4, 0.5) is 0 Å². The van der Waals surface area contributed by atoms with Crippen LogP contribution in [0, 0.1) is 12.3 Å². The van der Waals surface area contributed by atoms with Gasteiger partial charge >= 0.3 is 0 Å². The highest BCUT2D eigenvalue weighted by molar-refractivity contribution is 5.92. The van der Waals surface area contributed by atoms with E-state index in [4.69, 9.17) is 6.42 Å². The fraction of sp³-hybridized carbons (Fsp3) is 0.571. The molecule has 0 aliphatic carbocycles. The summed E-state index contributed by atoms with van der Waals surface area (Å²) in [7, 11) is 3.51. The van der Waals surface area contributed by atoms with E-state index in [1.54, 1.807) is 7.05 Å². The maximum atomic E-state index is 10.7. The number of hydrogen-bond acceptors (Lipinski definition) is 2. The van der Waals surface area contributed by atoms with E-state index in [0.717, 1.165) is 6.54 Å². The van der Waals surface area contributed by atoms with E-state index in [0.29, 0.717) is 6.54 Å². The number of rotatable bonds is 3. The van der Waals surface area contributed by atoms with Crippen molar-refractivity contribution in [1.29, 1.82) is 0 Å². The Balaban J connectivity index is 3.54. The van der Waals surface area contributed by atoms with E-state index in [2.05, 4.69) is 5.32 Å². The van der Waals surface area contributed by atoms with E-state index >= 15 is 0 Å². The van der Waals surface area contributed by atoms with Gasteiger partial charge in [0.1, 0.15) is 0 Å². The molecule has 3 heteroatoms. The van der Waals surface area contributed by atoms with Crippen LogP contribution in [0.2, 0.25) is 0 Å². The van der Waals surface area contributed by atoms with Gasteiger partial charge in [0.15, 0.2) is 0 Å². The molecule has 0 aliphatic heterocycles. The van der Waals surface area contributed by atoms with Gasteiger partial charge in [-0.2, -0.15) is 0 Å². The summed E-state index contributed by atoms with van der Waals surface area (Å²) in [6.45, 7) is 1.42. The van der Waals surface area contributed by atoms with Crippen molar-refractivity contribution in [2.45, 2.75) is 0 Å². The zero-order valence-electron chi connectivity index (χ0n) is 6.35. The molecule has 0 unspecified atom stereocenters. The second-order valence-electron chi connectivity index (χ2n) is 1.97. The molecule has 1 amide bonds. The maximum absolute atomic E-state index is 10.7. The zero-order chi connectivity index (χ0) is 7.98. The van der Waals surface area contributed by atoms with E-state index in [1.165, 1.54) is 4.90 Å². The number of carbonyl (C=O) groups excluding carboxylic acids is 1. The van der Waals surface area contributed by atoms with Crippen LogP contribution >= 0.6 is 0 Å². The summed E-state index contributed by atoms with van der Waals surface area (Å²) in [4.78, 5) is 12.2. The Hall–Kier alpha value is -1.01. The topological polar surface area (TPSA) is 32.3 Å². The fourth-order valence-electron chi connectivity index (χ4n) is 0.491. The second-order valence-corrected chi connectivity index (χ2v) is 1.97. The third kappa shape index (κ3) is 3.10. The molecule has 10 heavy (non-hydrogen) atoms. The summed E-state index contributed by atoms with van der Waals surface area (Å²) in [5.74, 6) is 1.76. The molecule has 0 aromatic heterocycles. The lowest BCUT2D eigenvalue weighted by atomic mass is 10.5. The number of nitrogens with zero attached hydrogens (tertiary/aromatic N) is 1. The lowest BCUT2D eigenvalue weighted by molar-refractivity contribution is -0.123. The molecule has 3 nitrogen and oxygen atoms in total. The van der Waals surface area contributed by atoms with Crippen molar-refractivity contribution < 1.29 is 4.79 Å². The van der Waals surface area contributed by atoms with Crippen molar-refractivity contribution in [1.82, 2.24) is 10.2 Å². The fourth-order valence-corrected chi connectivity index (χ4v) is 0.491. The highest BCUT2D eigenvalue weighted by Gasteiger charge is 2.01. The van der Waals surface area contributed by atoms with E-state index in [1.807, 2.05) is 13.0 Å². The predicted molar refractivity (Wildman–Crippen MR) is 40.4 cm³/mol. The third-order valence-electron chi connectivity index (χ3n) is 1.17. The van der Waals surface area contributed by atoms with Crippen LogP contribution in [-0.2, 0) is 4.79 Å². The van der Waals surface area contributed by atoms with Crippen molar-refractivity contribution in [3.8, 4) is 12.3 Å². The molecule has 0 atom stereocenters. The molecular formula is C7H12N2O. The first-order valence-corrected chi connectivity index (χ1v) is 3.08. The Morgan fingerprint density at radius 3 is 2.80 bits per heavy atom. The predicted octanol–water partition coefficient (Wildman–Crippen LogP) is -0.703. The van der Waals surface area contributed by atoms with Crippen LogP contribution < -0.4 is 5.32 Å². The van der Waals surface area contributed by atoms with E-state index < -0.39 is 0 Å². The Kier molecular flexibility index (Phi) is 4.34. The molecule has 0 aromatic rings. The van der Waals surface area contributed by atoms with Gasteiger partial charge in [0, 0.05) is 20.1 Å². The van der Waals surface area contributed by atoms with Gasteiger partial charge in [-0.3, -0.25) is 4.79 Å². The SMILES string of the molecule is C#CC(=O)N(C)CCNC. The molecule has 56 valence electrons. The Morgan fingerprint density at radius 1 is 1.80 bits per heavy atom. The third-order valence-corrected chi connectivity index (χ3v) is 1.17. The normalized spacial score (nSPS) is 8.50. The standard InChI is InChI=1S/C7H12N2O/c1-4-7(10)9(3)6-5-8-2/h1,8H,5-6H2,2-3H3. The molecule has 0 heterocycles. The molecule has 0 rings (SSSR count).